The molecule has 0 aliphatic heterocycles. The Morgan fingerprint density at radius 3 is 2.90 bits per heavy atom. The first-order chi connectivity index (χ1) is 9.75. The number of hydrogen-bond donors (Lipinski definition) is 1. The summed E-state index contributed by atoms with van der Waals surface area (Å²) in [5.41, 5.74) is 7.77. The lowest BCUT2D eigenvalue weighted by Crippen LogP contribution is -2.31. The smallest absolute Gasteiger partial charge is 0.258 e. The molecule has 0 bridgehead atoms. The molecule has 0 fully saturated rings. The van der Waals surface area contributed by atoms with Crippen molar-refractivity contribution in [2.45, 2.75) is 45.2 Å². The molecule has 0 saturated carbocycles. The van der Waals surface area contributed by atoms with Gasteiger partial charge >= 0.3 is 0 Å². The van der Waals surface area contributed by atoms with E-state index in [1.54, 1.807) is 17.1 Å². The summed E-state index contributed by atoms with van der Waals surface area (Å²) in [7, 11) is 0. The zero-order valence-corrected chi connectivity index (χ0v) is 11.5. The summed E-state index contributed by atoms with van der Waals surface area (Å²) in [6.45, 7) is 1.42. The molecule has 2 N–H and O–H groups in total. The first kappa shape index (κ1) is 12.9. The van der Waals surface area contributed by atoms with E-state index in [-0.39, 0.29) is 5.56 Å². The quantitative estimate of drug-likeness (QED) is 0.901. The minimum atomic E-state index is 0.0535. The Morgan fingerprint density at radius 2 is 2.10 bits per heavy atom. The normalized spacial score (nSPS) is 14.2. The number of rotatable bonds is 4. The van der Waals surface area contributed by atoms with Gasteiger partial charge < -0.3 is 10.3 Å². The van der Waals surface area contributed by atoms with Gasteiger partial charge in [-0.15, -0.1) is 0 Å². The highest BCUT2D eigenvalue weighted by Crippen LogP contribution is 2.17. The van der Waals surface area contributed by atoms with Crippen LogP contribution >= 0.6 is 0 Å². The number of nitrogens with two attached hydrogens (primary N) is 1. The summed E-state index contributed by atoms with van der Waals surface area (Å²) < 4.78 is 3.61. The lowest BCUT2D eigenvalue weighted by Gasteiger charge is -2.17. The van der Waals surface area contributed by atoms with E-state index >= 15 is 0 Å². The van der Waals surface area contributed by atoms with E-state index in [1.807, 2.05) is 10.8 Å². The highest BCUT2D eigenvalue weighted by Gasteiger charge is 2.17. The Kier molecular flexibility index (Phi) is 3.54. The number of anilines is 1. The molecule has 2 heterocycles. The third-order valence-corrected chi connectivity index (χ3v) is 3.83. The zero-order chi connectivity index (χ0) is 13.9. The zero-order valence-electron chi connectivity index (χ0n) is 11.5. The van der Waals surface area contributed by atoms with Crippen molar-refractivity contribution in [2.75, 3.05) is 5.73 Å². The largest absolute Gasteiger partial charge is 0.369 e. The number of fused-ring (bicyclic) bond motifs is 1. The third-order valence-electron chi connectivity index (χ3n) is 3.83. The van der Waals surface area contributed by atoms with Gasteiger partial charge in [-0.2, -0.15) is 0 Å². The number of aryl methyl sites for hydroxylation is 2. The minimum Gasteiger partial charge on any atom is -0.369 e. The molecule has 0 saturated heterocycles. The first-order valence-electron chi connectivity index (χ1n) is 7.09. The van der Waals surface area contributed by atoms with Crippen LogP contribution in [0, 0.1) is 0 Å². The molecule has 1 aliphatic carbocycles. The number of nitrogens with zero attached hydrogens (tertiary/aromatic N) is 4. The van der Waals surface area contributed by atoms with E-state index in [1.165, 1.54) is 0 Å². The molecule has 6 heteroatoms. The Morgan fingerprint density at radius 1 is 1.25 bits per heavy atom. The van der Waals surface area contributed by atoms with E-state index < -0.39 is 0 Å². The first-order valence-corrected chi connectivity index (χ1v) is 7.09. The summed E-state index contributed by atoms with van der Waals surface area (Å²) in [6, 6.07) is 0. The van der Waals surface area contributed by atoms with Gasteiger partial charge in [0, 0.05) is 31.0 Å². The van der Waals surface area contributed by atoms with Crippen molar-refractivity contribution < 1.29 is 0 Å². The van der Waals surface area contributed by atoms with Crippen LogP contribution in [0.2, 0.25) is 0 Å². The van der Waals surface area contributed by atoms with Crippen LogP contribution in [0.25, 0.3) is 0 Å². The minimum absolute atomic E-state index is 0.0535. The Labute approximate surface area is 117 Å². The van der Waals surface area contributed by atoms with Crippen LogP contribution < -0.4 is 11.3 Å². The lowest BCUT2D eigenvalue weighted by molar-refractivity contribution is 0.540. The van der Waals surface area contributed by atoms with E-state index in [2.05, 4.69) is 9.97 Å². The lowest BCUT2D eigenvalue weighted by atomic mass is 9.97. The van der Waals surface area contributed by atoms with Crippen molar-refractivity contribution in [1.82, 2.24) is 19.1 Å². The van der Waals surface area contributed by atoms with E-state index in [4.69, 9.17) is 5.73 Å². The van der Waals surface area contributed by atoms with Crippen LogP contribution in [0.4, 0.5) is 5.95 Å². The van der Waals surface area contributed by atoms with Gasteiger partial charge in [-0.1, -0.05) is 0 Å². The van der Waals surface area contributed by atoms with Crippen molar-refractivity contribution in [3.63, 3.8) is 0 Å². The highest BCUT2D eigenvalue weighted by molar-refractivity contribution is 5.29. The van der Waals surface area contributed by atoms with Gasteiger partial charge in [0.05, 0.1) is 12.0 Å². The number of nitrogen functional groups attached to an aromatic ring is 1. The predicted octanol–water partition coefficient (Wildman–Crippen LogP) is 0.991. The molecule has 2 aromatic rings. The monoisotopic (exact) mass is 273 g/mol. The van der Waals surface area contributed by atoms with Gasteiger partial charge in [-0.25, -0.2) is 9.97 Å². The SMILES string of the molecule is Nc1nc2c(c(=O)n1CCCn1ccnc1)CCCC2. The Bertz CT molecular complexity index is 644. The van der Waals surface area contributed by atoms with E-state index in [0.717, 1.165) is 49.9 Å². The van der Waals surface area contributed by atoms with Gasteiger partial charge in [-0.3, -0.25) is 9.36 Å². The predicted molar refractivity (Wildman–Crippen MR) is 76.4 cm³/mol. The number of imidazole rings is 1. The summed E-state index contributed by atoms with van der Waals surface area (Å²) in [5.74, 6) is 0.348. The van der Waals surface area contributed by atoms with Gasteiger partial charge in [0.1, 0.15) is 0 Å². The van der Waals surface area contributed by atoms with E-state index in [0.29, 0.717) is 12.5 Å². The Hall–Kier alpha value is -2.11. The third kappa shape index (κ3) is 2.45. The van der Waals surface area contributed by atoms with Crippen LogP contribution in [0.5, 0.6) is 0 Å². The molecule has 0 radical (unpaired) electrons. The van der Waals surface area contributed by atoms with Crippen LogP contribution in [0.15, 0.2) is 23.5 Å². The molecule has 106 valence electrons. The van der Waals surface area contributed by atoms with Crippen molar-refractivity contribution in [1.29, 1.82) is 0 Å². The second-order valence-corrected chi connectivity index (χ2v) is 5.21. The molecule has 2 aromatic heterocycles. The fourth-order valence-electron chi connectivity index (χ4n) is 2.76. The number of aromatic nitrogens is 4. The molecule has 0 spiro atoms. The van der Waals surface area contributed by atoms with Gasteiger partial charge in [0.2, 0.25) is 5.95 Å². The second-order valence-electron chi connectivity index (χ2n) is 5.21. The summed E-state index contributed by atoms with van der Waals surface area (Å²) >= 11 is 0. The molecule has 20 heavy (non-hydrogen) atoms. The van der Waals surface area contributed by atoms with Crippen molar-refractivity contribution in [2.24, 2.45) is 0 Å². The topological polar surface area (TPSA) is 78.7 Å². The van der Waals surface area contributed by atoms with Crippen molar-refractivity contribution in [3.05, 3.63) is 40.3 Å². The fourth-order valence-corrected chi connectivity index (χ4v) is 2.76. The molecular formula is C14H19N5O. The fraction of sp³-hybridized carbons (Fsp3) is 0.500. The molecular weight excluding hydrogens is 254 g/mol. The molecule has 0 atom stereocenters. The van der Waals surface area contributed by atoms with Crippen LogP contribution in [0.3, 0.4) is 0 Å². The van der Waals surface area contributed by atoms with Crippen LogP contribution in [-0.2, 0) is 25.9 Å². The number of hydrogen-bond acceptors (Lipinski definition) is 4. The Balaban J connectivity index is 1.77. The highest BCUT2D eigenvalue weighted by atomic mass is 16.1. The summed E-state index contributed by atoms with van der Waals surface area (Å²) in [5, 5.41) is 0. The second kappa shape index (κ2) is 5.48. The van der Waals surface area contributed by atoms with Crippen LogP contribution in [-0.4, -0.2) is 19.1 Å². The maximum Gasteiger partial charge on any atom is 0.258 e. The van der Waals surface area contributed by atoms with Crippen molar-refractivity contribution in [3.8, 4) is 0 Å². The molecule has 0 unspecified atom stereocenters. The molecule has 0 amide bonds. The molecule has 6 nitrogen and oxygen atoms in total. The van der Waals surface area contributed by atoms with Gasteiger partial charge in [-0.05, 0) is 32.1 Å². The maximum absolute atomic E-state index is 12.5. The summed E-state index contributed by atoms with van der Waals surface area (Å²) in [6.07, 6.45) is 10.2. The van der Waals surface area contributed by atoms with E-state index in [9.17, 15) is 4.79 Å². The molecule has 0 aromatic carbocycles. The van der Waals surface area contributed by atoms with Gasteiger partial charge in [0.15, 0.2) is 0 Å². The van der Waals surface area contributed by atoms with Crippen molar-refractivity contribution >= 4 is 5.95 Å². The standard InChI is InChI=1S/C14H19N5O/c15-14-17-12-5-2-1-4-11(12)13(20)19(14)8-3-7-18-9-6-16-10-18/h6,9-10H,1-5,7-8H2,(H2,15,17). The van der Waals surface area contributed by atoms with Gasteiger partial charge in [0.25, 0.3) is 5.56 Å². The van der Waals surface area contributed by atoms with Crippen LogP contribution in [0.1, 0.15) is 30.5 Å². The average molecular weight is 273 g/mol. The molecule has 3 rings (SSSR count). The maximum atomic E-state index is 12.5. The summed E-state index contributed by atoms with van der Waals surface area (Å²) in [4.78, 5) is 20.9. The molecule has 1 aliphatic rings. The average Bonchev–Trinajstić information content (AvgIpc) is 2.96.